The molecule has 2 atom stereocenters. The Labute approximate surface area is 164 Å². The molecule has 4 aliphatic rings. The average molecular weight is 398 g/mol. The first kappa shape index (κ1) is 21.0. The lowest BCUT2D eigenvalue weighted by Crippen LogP contribution is -2.48. The quantitative estimate of drug-likeness (QED) is 0.643. The van der Waals surface area contributed by atoms with E-state index in [-0.39, 0.29) is 11.5 Å². The number of rotatable bonds is 2. The molecule has 4 fully saturated rings. The van der Waals surface area contributed by atoms with E-state index in [0.717, 1.165) is 45.6 Å². The topological polar surface area (TPSA) is 117 Å². The van der Waals surface area contributed by atoms with Crippen molar-refractivity contribution in [3.05, 3.63) is 0 Å². The molecular weight excluding hydrogens is 368 g/mol. The molecule has 2 N–H and O–H groups in total. The van der Waals surface area contributed by atoms with Crippen LogP contribution in [0.25, 0.3) is 0 Å². The van der Waals surface area contributed by atoms with Crippen molar-refractivity contribution in [3.8, 4) is 0 Å². The Balaban J connectivity index is 0.000000330. The first-order valence-electron chi connectivity index (χ1n) is 10.1. The van der Waals surface area contributed by atoms with E-state index < -0.39 is 11.9 Å². The van der Waals surface area contributed by atoms with Crippen LogP contribution in [0.5, 0.6) is 0 Å². The molecule has 0 radical (unpaired) electrons. The van der Waals surface area contributed by atoms with Crippen molar-refractivity contribution in [3.63, 3.8) is 0 Å². The van der Waals surface area contributed by atoms with Crippen LogP contribution in [0.2, 0.25) is 0 Å². The Bertz CT molecular complexity index is 565. The number of aliphatic carboxylic acids is 2. The van der Waals surface area contributed by atoms with E-state index in [1.54, 1.807) is 0 Å². The highest BCUT2D eigenvalue weighted by atomic mass is 16.5. The molecule has 4 saturated heterocycles. The van der Waals surface area contributed by atoms with Crippen LogP contribution < -0.4 is 0 Å². The largest absolute Gasteiger partial charge is 0.473 e. The number of carboxylic acid groups (broad SMARTS) is 2. The summed E-state index contributed by atoms with van der Waals surface area (Å²) in [4.78, 5) is 35.3. The van der Waals surface area contributed by atoms with Crippen molar-refractivity contribution in [1.29, 1.82) is 0 Å². The van der Waals surface area contributed by atoms with Gasteiger partial charge in [0.1, 0.15) is 0 Å². The molecule has 1 amide bonds. The van der Waals surface area contributed by atoms with Gasteiger partial charge < -0.3 is 24.6 Å². The van der Waals surface area contributed by atoms with E-state index in [0.29, 0.717) is 18.6 Å². The molecule has 4 rings (SSSR count). The summed E-state index contributed by atoms with van der Waals surface area (Å²) in [6, 6.07) is 0.619. The molecule has 0 saturated carbocycles. The van der Waals surface area contributed by atoms with Gasteiger partial charge in [-0.3, -0.25) is 9.69 Å². The molecule has 158 valence electrons. The van der Waals surface area contributed by atoms with Crippen molar-refractivity contribution < 1.29 is 34.1 Å². The minimum Gasteiger partial charge on any atom is -0.473 e. The number of piperidine rings is 1. The zero-order chi connectivity index (χ0) is 20.1. The number of likely N-dealkylation sites (tertiary alicyclic amines) is 2. The van der Waals surface area contributed by atoms with Gasteiger partial charge in [-0.2, -0.15) is 0 Å². The molecule has 0 aliphatic carbocycles. The fourth-order valence-electron chi connectivity index (χ4n) is 4.63. The number of carbonyl (C=O) groups excluding carboxylic acids is 1. The smallest absolute Gasteiger partial charge is 0.414 e. The maximum absolute atomic E-state index is 12.5. The van der Waals surface area contributed by atoms with Crippen molar-refractivity contribution in [2.45, 2.75) is 50.2 Å². The van der Waals surface area contributed by atoms with Crippen LogP contribution in [0.3, 0.4) is 0 Å². The molecule has 0 aromatic carbocycles. The van der Waals surface area contributed by atoms with Gasteiger partial charge in [-0.1, -0.05) is 0 Å². The minimum atomic E-state index is -1.82. The predicted molar refractivity (Wildman–Crippen MR) is 97.9 cm³/mol. The van der Waals surface area contributed by atoms with E-state index >= 15 is 0 Å². The maximum Gasteiger partial charge on any atom is 0.414 e. The van der Waals surface area contributed by atoms with Gasteiger partial charge in [-0.15, -0.1) is 0 Å². The van der Waals surface area contributed by atoms with Gasteiger partial charge >= 0.3 is 11.9 Å². The molecule has 4 heterocycles. The van der Waals surface area contributed by atoms with E-state index in [4.69, 9.17) is 29.3 Å². The zero-order valence-corrected chi connectivity index (χ0v) is 16.2. The molecule has 2 unspecified atom stereocenters. The van der Waals surface area contributed by atoms with Crippen LogP contribution in [-0.2, 0) is 23.9 Å². The third kappa shape index (κ3) is 5.01. The molecule has 0 aromatic rings. The number of hydrogen-bond acceptors (Lipinski definition) is 6. The summed E-state index contributed by atoms with van der Waals surface area (Å²) in [6.07, 6.45) is 6.77. The number of nitrogens with zero attached hydrogens (tertiary/aromatic N) is 2. The third-order valence-electron chi connectivity index (χ3n) is 6.29. The summed E-state index contributed by atoms with van der Waals surface area (Å²) in [5, 5.41) is 14.8. The van der Waals surface area contributed by atoms with E-state index in [9.17, 15) is 4.79 Å². The van der Waals surface area contributed by atoms with E-state index in [2.05, 4.69) is 9.80 Å². The van der Waals surface area contributed by atoms with Gasteiger partial charge in [-0.25, -0.2) is 9.59 Å². The van der Waals surface area contributed by atoms with Gasteiger partial charge in [0.15, 0.2) is 0 Å². The number of ether oxygens (including phenoxy) is 2. The maximum atomic E-state index is 12.5. The Morgan fingerprint density at radius 2 is 1.57 bits per heavy atom. The molecule has 0 aromatic heterocycles. The monoisotopic (exact) mass is 398 g/mol. The fraction of sp³-hybridized carbons (Fsp3) is 0.842. The summed E-state index contributed by atoms with van der Waals surface area (Å²) in [5.74, 6) is -3.23. The summed E-state index contributed by atoms with van der Waals surface area (Å²) in [7, 11) is 0. The van der Waals surface area contributed by atoms with Gasteiger partial charge in [0.05, 0.1) is 24.7 Å². The van der Waals surface area contributed by atoms with Crippen LogP contribution in [0.1, 0.15) is 38.5 Å². The minimum absolute atomic E-state index is 0.0518. The molecule has 28 heavy (non-hydrogen) atoms. The lowest BCUT2D eigenvalue weighted by Gasteiger charge is -2.39. The lowest BCUT2D eigenvalue weighted by atomic mass is 9.86. The summed E-state index contributed by atoms with van der Waals surface area (Å²) >= 11 is 0. The highest BCUT2D eigenvalue weighted by Gasteiger charge is 2.45. The number of amides is 1. The second-order valence-corrected chi connectivity index (χ2v) is 8.09. The van der Waals surface area contributed by atoms with Gasteiger partial charge in [-0.05, 0) is 51.6 Å². The molecular formula is C19H30N2O7. The normalized spacial score (nSPS) is 29.5. The third-order valence-corrected chi connectivity index (χ3v) is 6.29. The van der Waals surface area contributed by atoms with E-state index in [1.165, 1.54) is 32.4 Å². The fourth-order valence-corrected chi connectivity index (χ4v) is 4.63. The van der Waals surface area contributed by atoms with Crippen LogP contribution in [-0.4, -0.2) is 95.5 Å². The SMILES string of the molecule is O=C(C1CCOC1)N1CCC2(CC1)CC(N1CCCC1)CO2.O=C(O)C(=O)O. The molecule has 4 aliphatic heterocycles. The van der Waals surface area contributed by atoms with Crippen molar-refractivity contribution >= 4 is 17.8 Å². The van der Waals surface area contributed by atoms with Crippen LogP contribution >= 0.6 is 0 Å². The zero-order valence-electron chi connectivity index (χ0n) is 16.2. The van der Waals surface area contributed by atoms with Crippen LogP contribution in [0.15, 0.2) is 0 Å². The standard InChI is InChI=1S/C17H28N2O3.C2H2O4/c20-16(14-3-10-21-12-14)19-8-4-17(5-9-19)11-15(13-22-17)18-6-1-2-7-18;3-1(4)2(5)6/h14-15H,1-13H2;(H,3,4)(H,5,6). The second-order valence-electron chi connectivity index (χ2n) is 8.09. The first-order valence-corrected chi connectivity index (χ1v) is 10.1. The summed E-state index contributed by atoms with van der Waals surface area (Å²) in [5.41, 5.74) is 0.0518. The summed E-state index contributed by atoms with van der Waals surface area (Å²) in [6.45, 7) is 6.48. The van der Waals surface area contributed by atoms with Crippen molar-refractivity contribution in [1.82, 2.24) is 9.80 Å². The summed E-state index contributed by atoms with van der Waals surface area (Å²) < 4.78 is 11.6. The van der Waals surface area contributed by atoms with Crippen molar-refractivity contribution in [2.75, 3.05) is 46.0 Å². The van der Waals surface area contributed by atoms with Crippen LogP contribution in [0, 0.1) is 5.92 Å². The van der Waals surface area contributed by atoms with Crippen LogP contribution in [0.4, 0.5) is 0 Å². The number of carbonyl (C=O) groups is 3. The van der Waals surface area contributed by atoms with Gasteiger partial charge in [0.25, 0.3) is 0 Å². The Hall–Kier alpha value is -1.71. The van der Waals surface area contributed by atoms with Gasteiger partial charge in [0, 0.05) is 25.7 Å². The Morgan fingerprint density at radius 1 is 0.929 bits per heavy atom. The molecule has 0 bridgehead atoms. The molecule has 9 heteroatoms. The van der Waals surface area contributed by atoms with Gasteiger partial charge in [0.2, 0.25) is 5.91 Å². The Morgan fingerprint density at radius 3 is 2.11 bits per heavy atom. The van der Waals surface area contributed by atoms with Crippen molar-refractivity contribution in [2.24, 2.45) is 5.92 Å². The lowest BCUT2D eigenvalue weighted by molar-refractivity contribution is -0.159. The number of carboxylic acids is 2. The Kier molecular flexibility index (Phi) is 6.90. The highest BCUT2D eigenvalue weighted by Crippen LogP contribution is 2.38. The first-order chi connectivity index (χ1) is 13.4. The molecule has 1 spiro atoms. The number of hydrogen-bond donors (Lipinski definition) is 2. The highest BCUT2D eigenvalue weighted by molar-refractivity contribution is 6.27. The second kappa shape index (κ2) is 9.19. The average Bonchev–Trinajstić information content (AvgIpc) is 3.44. The predicted octanol–water partition coefficient (Wildman–Crippen LogP) is 0.424. The molecule has 9 nitrogen and oxygen atoms in total. The van der Waals surface area contributed by atoms with E-state index in [1.807, 2.05) is 0 Å².